The Morgan fingerprint density at radius 2 is 2.19 bits per heavy atom. The molecule has 1 aromatic rings. The minimum absolute atomic E-state index is 0.347. The third-order valence-electron chi connectivity index (χ3n) is 4.42. The van der Waals surface area contributed by atoms with Crippen molar-refractivity contribution in [3.63, 3.8) is 0 Å². The number of rotatable bonds is 6. The van der Waals surface area contributed by atoms with Crippen LogP contribution in [-0.2, 0) is 4.74 Å². The summed E-state index contributed by atoms with van der Waals surface area (Å²) in [5.74, 6) is 1.63. The Balaban J connectivity index is 1.49. The fourth-order valence-corrected chi connectivity index (χ4v) is 3.03. The van der Waals surface area contributed by atoms with Gasteiger partial charge in [0.2, 0.25) is 0 Å². The molecule has 21 heavy (non-hydrogen) atoms. The van der Waals surface area contributed by atoms with E-state index >= 15 is 0 Å². The van der Waals surface area contributed by atoms with Gasteiger partial charge in [-0.05, 0) is 37.3 Å². The minimum atomic E-state index is -0.455. The Morgan fingerprint density at radius 3 is 2.95 bits per heavy atom. The zero-order valence-corrected chi connectivity index (χ0v) is 12.7. The van der Waals surface area contributed by atoms with E-state index in [1.54, 1.807) is 0 Å². The molecule has 1 heterocycles. The second kappa shape index (κ2) is 6.77. The summed E-state index contributed by atoms with van der Waals surface area (Å²) in [6, 6.07) is 8.41. The van der Waals surface area contributed by atoms with Crippen molar-refractivity contribution in [3.05, 3.63) is 29.8 Å². The van der Waals surface area contributed by atoms with Crippen LogP contribution in [-0.4, -0.2) is 55.1 Å². The maximum atomic E-state index is 10.3. The molecule has 3 rings (SSSR count). The van der Waals surface area contributed by atoms with Gasteiger partial charge in [-0.25, -0.2) is 0 Å². The average Bonchev–Trinajstić information content (AvgIpc) is 3.32. The zero-order valence-electron chi connectivity index (χ0n) is 12.7. The van der Waals surface area contributed by atoms with E-state index in [1.807, 2.05) is 31.2 Å². The second-order valence-corrected chi connectivity index (χ2v) is 6.20. The molecule has 0 radical (unpaired) electrons. The summed E-state index contributed by atoms with van der Waals surface area (Å²) in [5, 5.41) is 10.3. The predicted molar refractivity (Wildman–Crippen MR) is 81.6 cm³/mol. The van der Waals surface area contributed by atoms with Crippen molar-refractivity contribution in [3.8, 4) is 5.75 Å². The van der Waals surface area contributed by atoms with E-state index < -0.39 is 6.10 Å². The molecule has 1 aromatic carbocycles. The number of aryl methyl sites for hydroxylation is 1. The molecule has 116 valence electrons. The zero-order chi connectivity index (χ0) is 14.7. The highest BCUT2D eigenvalue weighted by molar-refractivity contribution is 5.31. The molecule has 1 saturated carbocycles. The summed E-state index contributed by atoms with van der Waals surface area (Å²) < 4.78 is 11.3. The number of morpholine rings is 1. The molecule has 1 N–H and O–H groups in total. The molecule has 2 fully saturated rings. The van der Waals surface area contributed by atoms with Crippen LogP contribution in [0.25, 0.3) is 0 Å². The summed E-state index contributed by atoms with van der Waals surface area (Å²) in [6.45, 7) is 5.55. The Hall–Kier alpha value is -1.10. The minimum Gasteiger partial charge on any atom is -0.491 e. The van der Waals surface area contributed by atoms with Gasteiger partial charge in [0.25, 0.3) is 0 Å². The Bertz CT molecular complexity index is 461. The van der Waals surface area contributed by atoms with E-state index in [2.05, 4.69) is 4.90 Å². The normalized spacial score (nSPS) is 24.8. The van der Waals surface area contributed by atoms with Gasteiger partial charge in [-0.15, -0.1) is 0 Å². The lowest BCUT2D eigenvalue weighted by molar-refractivity contribution is -0.0393. The van der Waals surface area contributed by atoms with Gasteiger partial charge >= 0.3 is 0 Å². The first kappa shape index (κ1) is 14.8. The summed E-state index contributed by atoms with van der Waals surface area (Å²) in [5.41, 5.74) is 1.10. The summed E-state index contributed by atoms with van der Waals surface area (Å²) in [4.78, 5) is 2.38. The SMILES string of the molecule is Cc1ccccc1OCC(O)CN1CCOCC1C1CC1. The number of β-amino-alcohol motifs (C(OH)–C–C–N with tert-alkyl or cyclic N) is 1. The molecule has 2 aliphatic rings. The van der Waals surface area contributed by atoms with Gasteiger partial charge in [0.15, 0.2) is 0 Å². The molecule has 0 aromatic heterocycles. The summed E-state index contributed by atoms with van der Waals surface area (Å²) in [7, 11) is 0. The van der Waals surface area contributed by atoms with Gasteiger partial charge in [-0.2, -0.15) is 0 Å². The molecule has 0 amide bonds. The highest BCUT2D eigenvalue weighted by Gasteiger charge is 2.37. The van der Waals surface area contributed by atoms with Gasteiger partial charge in [-0.3, -0.25) is 4.90 Å². The van der Waals surface area contributed by atoms with Gasteiger partial charge in [0.1, 0.15) is 18.5 Å². The van der Waals surface area contributed by atoms with Crippen LogP contribution in [0.2, 0.25) is 0 Å². The maximum absolute atomic E-state index is 10.3. The highest BCUT2D eigenvalue weighted by atomic mass is 16.5. The standard InChI is InChI=1S/C17H25NO3/c1-13-4-2-3-5-17(13)21-11-15(19)10-18-8-9-20-12-16(18)14-6-7-14/h2-5,14-16,19H,6-12H2,1H3. The smallest absolute Gasteiger partial charge is 0.122 e. The molecule has 0 spiro atoms. The number of hydrogen-bond donors (Lipinski definition) is 1. The Morgan fingerprint density at radius 1 is 1.38 bits per heavy atom. The molecule has 4 nitrogen and oxygen atoms in total. The van der Waals surface area contributed by atoms with E-state index in [4.69, 9.17) is 9.47 Å². The molecular formula is C17H25NO3. The van der Waals surface area contributed by atoms with Crippen molar-refractivity contribution < 1.29 is 14.6 Å². The van der Waals surface area contributed by atoms with E-state index in [0.717, 1.165) is 37.0 Å². The van der Waals surface area contributed by atoms with Crippen molar-refractivity contribution in [1.82, 2.24) is 4.90 Å². The fraction of sp³-hybridized carbons (Fsp3) is 0.647. The lowest BCUT2D eigenvalue weighted by Crippen LogP contribution is -2.50. The molecule has 1 aliphatic carbocycles. The highest BCUT2D eigenvalue weighted by Crippen LogP contribution is 2.36. The van der Waals surface area contributed by atoms with Gasteiger partial charge in [0, 0.05) is 19.1 Å². The van der Waals surface area contributed by atoms with Crippen LogP contribution in [0.5, 0.6) is 5.75 Å². The van der Waals surface area contributed by atoms with Crippen LogP contribution in [0, 0.1) is 12.8 Å². The molecule has 1 saturated heterocycles. The van der Waals surface area contributed by atoms with Gasteiger partial charge in [-0.1, -0.05) is 18.2 Å². The summed E-state index contributed by atoms with van der Waals surface area (Å²) in [6.07, 6.45) is 2.16. The number of ether oxygens (including phenoxy) is 2. The third-order valence-corrected chi connectivity index (χ3v) is 4.42. The van der Waals surface area contributed by atoms with Crippen molar-refractivity contribution in [1.29, 1.82) is 0 Å². The number of aliphatic hydroxyl groups is 1. The first-order valence-corrected chi connectivity index (χ1v) is 7.92. The number of nitrogens with zero attached hydrogens (tertiary/aromatic N) is 1. The van der Waals surface area contributed by atoms with Crippen LogP contribution in [0.4, 0.5) is 0 Å². The predicted octanol–water partition coefficient (Wildman–Crippen LogP) is 1.85. The average molecular weight is 291 g/mol. The monoisotopic (exact) mass is 291 g/mol. The van der Waals surface area contributed by atoms with Crippen LogP contribution in [0.1, 0.15) is 18.4 Å². The maximum Gasteiger partial charge on any atom is 0.122 e. The quantitative estimate of drug-likeness (QED) is 0.868. The lowest BCUT2D eigenvalue weighted by Gasteiger charge is -2.36. The fourth-order valence-electron chi connectivity index (χ4n) is 3.03. The van der Waals surface area contributed by atoms with E-state index in [1.165, 1.54) is 12.8 Å². The van der Waals surface area contributed by atoms with Gasteiger partial charge in [0.05, 0.1) is 13.2 Å². The van der Waals surface area contributed by atoms with Gasteiger partial charge < -0.3 is 14.6 Å². The van der Waals surface area contributed by atoms with E-state index in [9.17, 15) is 5.11 Å². The number of benzene rings is 1. The number of hydrogen-bond acceptors (Lipinski definition) is 4. The van der Waals surface area contributed by atoms with Crippen LogP contribution < -0.4 is 4.74 Å². The lowest BCUT2D eigenvalue weighted by atomic mass is 10.1. The van der Waals surface area contributed by atoms with Crippen LogP contribution in [0.15, 0.2) is 24.3 Å². The van der Waals surface area contributed by atoms with Crippen LogP contribution in [0.3, 0.4) is 0 Å². The Labute approximate surface area is 126 Å². The van der Waals surface area contributed by atoms with Crippen LogP contribution >= 0.6 is 0 Å². The van der Waals surface area contributed by atoms with Crippen molar-refractivity contribution in [2.75, 3.05) is 32.9 Å². The topological polar surface area (TPSA) is 41.9 Å². The summed E-state index contributed by atoms with van der Waals surface area (Å²) >= 11 is 0. The second-order valence-electron chi connectivity index (χ2n) is 6.20. The molecule has 1 aliphatic heterocycles. The molecular weight excluding hydrogens is 266 g/mol. The van der Waals surface area contributed by atoms with Crippen molar-refractivity contribution >= 4 is 0 Å². The molecule has 2 atom stereocenters. The Kier molecular flexibility index (Phi) is 4.78. The van der Waals surface area contributed by atoms with E-state index in [0.29, 0.717) is 19.2 Å². The van der Waals surface area contributed by atoms with E-state index in [-0.39, 0.29) is 0 Å². The first-order chi connectivity index (χ1) is 10.2. The van der Waals surface area contributed by atoms with Crippen molar-refractivity contribution in [2.24, 2.45) is 5.92 Å². The third kappa shape index (κ3) is 3.96. The number of aliphatic hydroxyl groups excluding tert-OH is 1. The molecule has 2 unspecified atom stereocenters. The number of para-hydroxylation sites is 1. The molecule has 4 heteroatoms. The van der Waals surface area contributed by atoms with Crippen molar-refractivity contribution in [2.45, 2.75) is 31.9 Å². The molecule has 0 bridgehead atoms. The largest absolute Gasteiger partial charge is 0.491 e. The first-order valence-electron chi connectivity index (χ1n) is 7.92.